The van der Waals surface area contributed by atoms with E-state index in [0.717, 1.165) is 16.2 Å². The van der Waals surface area contributed by atoms with E-state index in [1.807, 2.05) is 0 Å². The maximum absolute atomic E-state index is 12.1. The van der Waals surface area contributed by atoms with Gasteiger partial charge in [0.1, 0.15) is 4.21 Å². The van der Waals surface area contributed by atoms with E-state index in [-0.39, 0.29) is 10.8 Å². The average Bonchev–Trinajstić information content (AvgIpc) is 2.78. The van der Waals surface area contributed by atoms with Crippen LogP contribution >= 0.6 is 22.9 Å². The average molecular weight is 318 g/mol. The van der Waals surface area contributed by atoms with Gasteiger partial charge in [0.25, 0.3) is 10.0 Å². The highest BCUT2D eigenvalue weighted by Crippen LogP contribution is 2.25. The molecule has 0 aliphatic heterocycles. The van der Waals surface area contributed by atoms with Gasteiger partial charge < -0.3 is 5.11 Å². The molecule has 0 atom stereocenters. The zero-order valence-corrected chi connectivity index (χ0v) is 12.2. The first-order valence-corrected chi connectivity index (χ1v) is 8.17. The van der Waals surface area contributed by atoms with Crippen molar-refractivity contribution in [1.82, 2.24) is 0 Å². The molecule has 1 aromatic carbocycles. The lowest BCUT2D eigenvalue weighted by Crippen LogP contribution is -2.11. The summed E-state index contributed by atoms with van der Waals surface area (Å²) >= 11 is 6.95. The van der Waals surface area contributed by atoms with Crippen LogP contribution in [0.3, 0.4) is 0 Å². The van der Waals surface area contributed by atoms with Crippen LogP contribution in [0.2, 0.25) is 5.02 Å². The number of benzene rings is 1. The molecule has 2 aromatic rings. The Balaban J connectivity index is 2.22. The molecule has 102 valence electrons. The molecule has 0 unspecified atom stereocenters. The molecule has 1 aromatic heterocycles. The lowest BCUT2D eigenvalue weighted by Gasteiger charge is -2.06. The molecule has 19 heavy (non-hydrogen) atoms. The highest BCUT2D eigenvalue weighted by Gasteiger charge is 2.16. The standard InChI is InChI=1S/C12H12ClNO3S2/c13-9-2-1-3-10(8-9)14-19(16,17)12-5-4-11(18-12)6-7-15/h1-5,8,14-15H,6-7H2. The minimum Gasteiger partial charge on any atom is -0.396 e. The second-order valence-electron chi connectivity index (χ2n) is 3.81. The molecule has 2 rings (SSSR count). The first kappa shape index (κ1) is 14.3. The molecule has 0 aliphatic rings. The van der Waals surface area contributed by atoms with Crippen molar-refractivity contribution in [3.05, 3.63) is 46.3 Å². The fourth-order valence-electron chi connectivity index (χ4n) is 1.50. The number of hydrogen-bond donors (Lipinski definition) is 2. The monoisotopic (exact) mass is 317 g/mol. The summed E-state index contributed by atoms with van der Waals surface area (Å²) in [6.07, 6.45) is 0.456. The van der Waals surface area contributed by atoms with Crippen LogP contribution in [0.1, 0.15) is 4.88 Å². The highest BCUT2D eigenvalue weighted by atomic mass is 35.5. The van der Waals surface area contributed by atoms with Gasteiger partial charge in [-0.25, -0.2) is 8.42 Å². The van der Waals surface area contributed by atoms with Gasteiger partial charge in [0, 0.05) is 22.9 Å². The molecule has 0 fully saturated rings. The third-order valence-corrected chi connectivity index (χ3v) is 5.59. The second-order valence-corrected chi connectivity index (χ2v) is 7.32. The first-order chi connectivity index (χ1) is 9.01. The van der Waals surface area contributed by atoms with E-state index in [1.165, 1.54) is 6.07 Å². The van der Waals surface area contributed by atoms with Gasteiger partial charge in [-0.2, -0.15) is 0 Å². The van der Waals surface area contributed by atoms with Gasteiger partial charge >= 0.3 is 0 Å². The fraction of sp³-hybridized carbons (Fsp3) is 0.167. The van der Waals surface area contributed by atoms with E-state index < -0.39 is 10.0 Å². The molecular weight excluding hydrogens is 306 g/mol. The SMILES string of the molecule is O=S(=O)(Nc1cccc(Cl)c1)c1ccc(CCO)s1. The van der Waals surface area contributed by atoms with Gasteiger partial charge in [0.05, 0.1) is 5.69 Å². The maximum atomic E-state index is 12.1. The van der Waals surface area contributed by atoms with Crippen LogP contribution in [0, 0.1) is 0 Å². The third kappa shape index (κ3) is 3.70. The quantitative estimate of drug-likeness (QED) is 0.891. The topological polar surface area (TPSA) is 66.4 Å². The lowest BCUT2D eigenvalue weighted by molar-refractivity contribution is 0.300. The van der Waals surface area contributed by atoms with Crippen molar-refractivity contribution in [3.63, 3.8) is 0 Å². The number of sulfonamides is 1. The summed E-state index contributed by atoms with van der Waals surface area (Å²) in [7, 11) is -3.60. The Kier molecular flexibility index (Phi) is 4.46. The molecular formula is C12H12ClNO3S2. The molecule has 2 N–H and O–H groups in total. The summed E-state index contributed by atoms with van der Waals surface area (Å²) in [5.74, 6) is 0. The zero-order chi connectivity index (χ0) is 13.9. The van der Waals surface area contributed by atoms with Crippen molar-refractivity contribution in [3.8, 4) is 0 Å². The van der Waals surface area contributed by atoms with E-state index in [2.05, 4.69) is 4.72 Å². The van der Waals surface area contributed by atoms with Crippen LogP contribution < -0.4 is 4.72 Å². The summed E-state index contributed by atoms with van der Waals surface area (Å²) in [6.45, 7) is 0.00171. The summed E-state index contributed by atoms with van der Waals surface area (Å²) in [5, 5.41) is 9.29. The second kappa shape index (κ2) is 5.92. The minimum atomic E-state index is -3.60. The van der Waals surface area contributed by atoms with Gasteiger partial charge in [-0.3, -0.25) is 4.72 Å². The van der Waals surface area contributed by atoms with E-state index in [9.17, 15) is 8.42 Å². The number of aliphatic hydroxyl groups is 1. The number of thiophene rings is 1. The number of hydrogen-bond acceptors (Lipinski definition) is 4. The number of aliphatic hydroxyl groups excluding tert-OH is 1. The number of rotatable bonds is 5. The Morgan fingerprint density at radius 2 is 2.05 bits per heavy atom. The van der Waals surface area contributed by atoms with E-state index in [4.69, 9.17) is 16.7 Å². The largest absolute Gasteiger partial charge is 0.396 e. The molecule has 0 spiro atoms. The molecule has 4 nitrogen and oxygen atoms in total. The van der Waals surface area contributed by atoms with Crippen molar-refractivity contribution in [2.24, 2.45) is 0 Å². The third-order valence-electron chi connectivity index (χ3n) is 2.34. The molecule has 1 heterocycles. The predicted octanol–water partition coefficient (Wildman–Crippen LogP) is 2.74. The van der Waals surface area contributed by atoms with Gasteiger partial charge in [-0.15, -0.1) is 11.3 Å². The molecule has 0 amide bonds. The van der Waals surface area contributed by atoms with Crippen LogP contribution in [0.4, 0.5) is 5.69 Å². The van der Waals surface area contributed by atoms with Gasteiger partial charge in [0.2, 0.25) is 0 Å². The van der Waals surface area contributed by atoms with Crippen LogP contribution in [-0.4, -0.2) is 20.1 Å². The molecule has 0 aliphatic carbocycles. The van der Waals surface area contributed by atoms with Crippen LogP contribution in [0.15, 0.2) is 40.6 Å². The smallest absolute Gasteiger partial charge is 0.271 e. The van der Waals surface area contributed by atoms with Gasteiger partial charge in [-0.05, 0) is 30.3 Å². The Hall–Kier alpha value is -1.08. The molecule has 0 saturated carbocycles. The van der Waals surface area contributed by atoms with Gasteiger partial charge in [-0.1, -0.05) is 17.7 Å². The van der Waals surface area contributed by atoms with Gasteiger partial charge in [0.15, 0.2) is 0 Å². The van der Waals surface area contributed by atoms with Crippen molar-refractivity contribution in [1.29, 1.82) is 0 Å². The van der Waals surface area contributed by atoms with Crippen molar-refractivity contribution in [2.45, 2.75) is 10.6 Å². The summed E-state index contributed by atoms with van der Waals surface area (Å²) in [4.78, 5) is 0.828. The Morgan fingerprint density at radius 3 is 2.74 bits per heavy atom. The predicted molar refractivity (Wildman–Crippen MR) is 77.4 cm³/mol. The number of anilines is 1. The Morgan fingerprint density at radius 1 is 1.26 bits per heavy atom. The van der Waals surface area contributed by atoms with E-state index in [0.29, 0.717) is 17.1 Å². The van der Waals surface area contributed by atoms with Crippen molar-refractivity contribution in [2.75, 3.05) is 11.3 Å². The number of halogens is 1. The van der Waals surface area contributed by atoms with Crippen molar-refractivity contribution < 1.29 is 13.5 Å². The van der Waals surface area contributed by atoms with E-state index >= 15 is 0 Å². The van der Waals surface area contributed by atoms with Crippen LogP contribution in [0.5, 0.6) is 0 Å². The Labute approximate surface area is 120 Å². The van der Waals surface area contributed by atoms with Crippen LogP contribution in [-0.2, 0) is 16.4 Å². The Bertz CT molecular complexity index is 667. The molecule has 0 radical (unpaired) electrons. The fourth-order valence-corrected chi connectivity index (χ4v) is 4.09. The van der Waals surface area contributed by atoms with E-state index in [1.54, 1.807) is 30.3 Å². The van der Waals surface area contributed by atoms with Crippen LogP contribution in [0.25, 0.3) is 0 Å². The summed E-state index contributed by atoms with van der Waals surface area (Å²) in [5.41, 5.74) is 0.421. The zero-order valence-electron chi connectivity index (χ0n) is 9.84. The number of nitrogens with one attached hydrogen (secondary N) is 1. The summed E-state index contributed by atoms with van der Waals surface area (Å²) < 4.78 is 26.9. The summed E-state index contributed by atoms with van der Waals surface area (Å²) in [6, 6.07) is 9.75. The molecule has 0 saturated heterocycles. The lowest BCUT2D eigenvalue weighted by atomic mass is 10.3. The molecule has 0 bridgehead atoms. The van der Waals surface area contributed by atoms with Crippen molar-refractivity contribution >= 4 is 38.6 Å². The maximum Gasteiger partial charge on any atom is 0.271 e. The molecule has 7 heteroatoms. The minimum absolute atomic E-state index is 0.00171. The normalized spacial score (nSPS) is 11.5. The highest BCUT2D eigenvalue weighted by molar-refractivity contribution is 7.94. The first-order valence-electron chi connectivity index (χ1n) is 5.49.